The predicted molar refractivity (Wildman–Crippen MR) is 112 cm³/mol. The molecule has 12 nitrogen and oxygen atoms in total. The molecule has 2 rings (SSSR count). The Morgan fingerprint density at radius 3 is 1.61 bits per heavy atom. The summed E-state index contributed by atoms with van der Waals surface area (Å²) in [4.78, 5) is 28.3. The van der Waals surface area contributed by atoms with Gasteiger partial charge in [-0.2, -0.15) is 0 Å². The minimum absolute atomic E-state index is 0. The van der Waals surface area contributed by atoms with Crippen LogP contribution < -0.4 is 16.0 Å². The minimum atomic E-state index is -0.887. The second-order valence-electron chi connectivity index (χ2n) is 6.19. The third-order valence-corrected chi connectivity index (χ3v) is 3.78. The molecule has 1 heterocycles. The molecule has 0 amide bonds. The first-order valence-corrected chi connectivity index (χ1v) is 9.58. The number of esters is 1. The van der Waals surface area contributed by atoms with Crippen molar-refractivity contribution in [1.29, 1.82) is 0 Å². The van der Waals surface area contributed by atoms with E-state index in [1.54, 1.807) is 0 Å². The van der Waals surface area contributed by atoms with Crippen molar-refractivity contribution in [2.75, 3.05) is 46.4 Å². The maximum absolute atomic E-state index is 10.2. The van der Waals surface area contributed by atoms with Crippen LogP contribution in [0.25, 0.3) is 0 Å². The summed E-state index contributed by atoms with van der Waals surface area (Å²) in [7, 11) is 1.35. The summed E-state index contributed by atoms with van der Waals surface area (Å²) >= 11 is 0. The van der Waals surface area contributed by atoms with Crippen molar-refractivity contribution >= 4 is 17.3 Å². The summed E-state index contributed by atoms with van der Waals surface area (Å²) in [5.41, 5.74) is -1.10. The van der Waals surface area contributed by atoms with E-state index in [0.717, 1.165) is 51.4 Å². The summed E-state index contributed by atoms with van der Waals surface area (Å²) < 4.78 is 4.11. The maximum Gasteiger partial charge on any atom is 0.317 e. The zero-order valence-corrected chi connectivity index (χ0v) is 21.1. The van der Waals surface area contributed by atoms with Crippen molar-refractivity contribution in [3.8, 4) is 5.75 Å². The molecular formula is C18H31N5O7Zn. The number of ether oxygens (including phenoxy) is 1. The molecule has 1 aromatic carbocycles. The average Bonchev–Trinajstić information content (AvgIpc) is 2.69. The van der Waals surface area contributed by atoms with E-state index in [-0.39, 0.29) is 25.4 Å². The summed E-state index contributed by atoms with van der Waals surface area (Å²) in [6, 6.07) is 2.61. The fourth-order valence-electron chi connectivity index (χ4n) is 2.16. The van der Waals surface area contributed by atoms with Crippen LogP contribution >= 0.6 is 0 Å². The molecule has 0 aromatic heterocycles. The summed E-state index contributed by atoms with van der Waals surface area (Å²) in [6.45, 7) is 8.32. The van der Waals surface area contributed by atoms with Gasteiger partial charge in [-0.25, -0.2) is 0 Å². The molecule has 0 atom stereocenters. The molecule has 0 radical (unpaired) electrons. The van der Waals surface area contributed by atoms with Gasteiger partial charge in [0.25, 0.3) is 5.69 Å². The van der Waals surface area contributed by atoms with Crippen molar-refractivity contribution in [2.24, 2.45) is 0 Å². The Hall–Kier alpha value is -2.21. The van der Waals surface area contributed by atoms with Crippen LogP contribution in [0.2, 0.25) is 0 Å². The molecule has 0 saturated carbocycles. The van der Waals surface area contributed by atoms with Crippen molar-refractivity contribution in [1.82, 2.24) is 16.0 Å². The van der Waals surface area contributed by atoms with Crippen LogP contribution in [0.5, 0.6) is 5.75 Å². The van der Waals surface area contributed by atoms with Gasteiger partial charge in [-0.15, -0.1) is 0 Å². The Morgan fingerprint density at radius 1 is 0.935 bits per heavy atom. The van der Waals surface area contributed by atoms with Crippen LogP contribution in [0.1, 0.15) is 26.2 Å². The number of rotatable bonds is 2. The number of nitro groups is 2. The number of benzene rings is 1. The van der Waals surface area contributed by atoms with Gasteiger partial charge in [-0.1, -0.05) is 0 Å². The van der Waals surface area contributed by atoms with E-state index in [0.29, 0.717) is 6.07 Å². The molecule has 0 bridgehead atoms. The second-order valence-corrected chi connectivity index (χ2v) is 6.19. The van der Waals surface area contributed by atoms with Gasteiger partial charge in [0.1, 0.15) is 0 Å². The van der Waals surface area contributed by atoms with Crippen molar-refractivity contribution in [2.45, 2.75) is 26.2 Å². The van der Waals surface area contributed by atoms with E-state index in [4.69, 9.17) is 5.11 Å². The number of non-ortho nitro benzene ring substituents is 1. The normalized spacial score (nSPS) is 14.4. The molecule has 1 saturated heterocycles. The summed E-state index contributed by atoms with van der Waals surface area (Å²) in [5.74, 6) is -0.833. The SMILES string of the molecule is C1CNCCCNCCCNC1.COC(C)=O.O=[N+]([O-])c1ccc(O)c([N+](=O)[O-])c1.[Zn]. The van der Waals surface area contributed by atoms with Gasteiger partial charge in [0.15, 0.2) is 5.75 Å². The molecule has 0 unspecified atom stereocenters. The number of phenolic OH excluding ortho intramolecular Hbond substituents is 1. The van der Waals surface area contributed by atoms with Gasteiger partial charge in [-0.05, 0) is 64.6 Å². The van der Waals surface area contributed by atoms with E-state index >= 15 is 0 Å². The zero-order valence-electron chi connectivity index (χ0n) is 18.1. The van der Waals surface area contributed by atoms with Gasteiger partial charge < -0.3 is 25.8 Å². The molecule has 1 aromatic rings. The number of hydrogen-bond donors (Lipinski definition) is 4. The van der Waals surface area contributed by atoms with Crippen molar-refractivity contribution < 1.29 is 44.0 Å². The largest absolute Gasteiger partial charge is 0.502 e. The summed E-state index contributed by atoms with van der Waals surface area (Å²) in [5, 5.41) is 39.6. The Morgan fingerprint density at radius 2 is 1.32 bits per heavy atom. The second kappa shape index (κ2) is 19.7. The van der Waals surface area contributed by atoms with Gasteiger partial charge in [0.05, 0.1) is 23.0 Å². The van der Waals surface area contributed by atoms with Crippen LogP contribution in [0.3, 0.4) is 0 Å². The first-order valence-electron chi connectivity index (χ1n) is 9.58. The van der Waals surface area contributed by atoms with Gasteiger partial charge in [0.2, 0.25) is 0 Å². The smallest absolute Gasteiger partial charge is 0.317 e. The quantitative estimate of drug-likeness (QED) is 0.203. The van der Waals surface area contributed by atoms with Crippen molar-refractivity contribution in [3.05, 3.63) is 38.4 Å². The molecule has 13 heteroatoms. The Labute approximate surface area is 194 Å². The monoisotopic (exact) mass is 493 g/mol. The number of methoxy groups -OCH3 is 1. The molecule has 1 aliphatic rings. The van der Waals surface area contributed by atoms with Crippen LogP contribution in [0.15, 0.2) is 18.2 Å². The van der Waals surface area contributed by atoms with Crippen LogP contribution in [-0.4, -0.2) is 67.3 Å². The van der Waals surface area contributed by atoms with E-state index in [2.05, 4.69) is 20.7 Å². The van der Waals surface area contributed by atoms with Crippen LogP contribution in [0.4, 0.5) is 11.4 Å². The summed E-state index contributed by atoms with van der Waals surface area (Å²) in [6.07, 6.45) is 3.77. The molecule has 0 aliphatic carbocycles. The standard InChI is InChI=1S/C9H21N3.C6H4N2O5.C3H6O2.Zn/c1-4-10-6-2-8-12-9-3-7-11-5-1;9-6-2-1-4(7(10)11)3-5(6)8(12)13;1-3(4)5-2;/h10-12H,1-9H2;1-3,9H;1-2H3;. The number of aromatic hydroxyl groups is 1. The Balaban J connectivity index is 0. The molecule has 1 fully saturated rings. The van der Waals surface area contributed by atoms with Crippen LogP contribution in [-0.2, 0) is 29.0 Å². The first kappa shape index (κ1) is 31.0. The van der Waals surface area contributed by atoms with E-state index in [1.807, 2.05) is 0 Å². The van der Waals surface area contributed by atoms with Gasteiger partial charge in [-0.3, -0.25) is 25.0 Å². The third-order valence-electron chi connectivity index (χ3n) is 3.78. The fraction of sp³-hybridized carbons (Fsp3) is 0.611. The Bertz CT molecular complexity index is 621. The zero-order chi connectivity index (χ0) is 22.8. The molecule has 172 valence electrons. The number of nitro benzene ring substituents is 2. The molecular weight excluding hydrogens is 464 g/mol. The number of hydrogen-bond acceptors (Lipinski definition) is 10. The topological polar surface area (TPSA) is 169 Å². The van der Waals surface area contributed by atoms with E-state index in [1.165, 1.54) is 33.3 Å². The molecule has 0 spiro atoms. The number of carbonyl (C=O) groups is 1. The third kappa shape index (κ3) is 17.2. The number of nitrogens with one attached hydrogen (secondary N) is 3. The average molecular weight is 495 g/mol. The molecule has 1 aliphatic heterocycles. The minimum Gasteiger partial charge on any atom is -0.502 e. The number of carbonyl (C=O) groups excluding carboxylic acids is 1. The number of nitrogens with zero attached hydrogens (tertiary/aromatic N) is 2. The predicted octanol–water partition coefficient (Wildman–Crippen LogP) is 1.32. The molecule has 31 heavy (non-hydrogen) atoms. The van der Waals surface area contributed by atoms with Gasteiger partial charge in [0, 0.05) is 32.5 Å². The fourth-order valence-corrected chi connectivity index (χ4v) is 2.16. The first-order chi connectivity index (χ1) is 14.3. The van der Waals surface area contributed by atoms with Crippen molar-refractivity contribution in [3.63, 3.8) is 0 Å². The van der Waals surface area contributed by atoms with Gasteiger partial charge >= 0.3 is 11.7 Å². The number of phenols is 1. The van der Waals surface area contributed by atoms with Crippen LogP contribution in [0, 0.1) is 20.2 Å². The molecule has 4 N–H and O–H groups in total. The van der Waals surface area contributed by atoms with E-state index in [9.17, 15) is 25.0 Å². The Kier molecular flexibility index (Phi) is 19.7. The van der Waals surface area contributed by atoms with E-state index < -0.39 is 27.0 Å². The maximum atomic E-state index is 10.2.